The molecule has 2 aromatic carbocycles. The van der Waals surface area contributed by atoms with Gasteiger partial charge in [0.15, 0.2) is 0 Å². The standard InChI is InChI=1S/C25H26N4O2/c1-2-19-8-10-21(11-9-19)31-17-5-16-29-23-7-4-3-6-22(23)28-24(29)18-27-25(30)20-12-14-26-15-13-20/h3-4,6-15H,2,5,16-18H2,1H3,(H,27,30). The van der Waals surface area contributed by atoms with Crippen LogP contribution < -0.4 is 10.1 Å². The van der Waals surface area contributed by atoms with E-state index < -0.39 is 0 Å². The van der Waals surface area contributed by atoms with Crippen LogP contribution in [0, 0.1) is 0 Å². The van der Waals surface area contributed by atoms with Gasteiger partial charge in [0.25, 0.3) is 5.91 Å². The summed E-state index contributed by atoms with van der Waals surface area (Å²) >= 11 is 0. The molecule has 0 aliphatic rings. The lowest BCUT2D eigenvalue weighted by atomic mass is 10.2. The van der Waals surface area contributed by atoms with Crippen LogP contribution in [0.5, 0.6) is 5.75 Å². The summed E-state index contributed by atoms with van der Waals surface area (Å²) in [6.07, 6.45) is 5.08. The van der Waals surface area contributed by atoms with E-state index in [0.29, 0.717) is 18.7 Å². The van der Waals surface area contributed by atoms with E-state index in [0.717, 1.165) is 42.0 Å². The van der Waals surface area contributed by atoms with E-state index in [1.165, 1.54) is 5.56 Å². The van der Waals surface area contributed by atoms with Gasteiger partial charge in [-0.1, -0.05) is 31.2 Å². The Morgan fingerprint density at radius 2 is 1.81 bits per heavy atom. The van der Waals surface area contributed by atoms with Crippen LogP contribution in [-0.4, -0.2) is 27.0 Å². The second-order valence-corrected chi connectivity index (χ2v) is 7.29. The zero-order valence-corrected chi connectivity index (χ0v) is 17.6. The SMILES string of the molecule is CCc1ccc(OCCCn2c(CNC(=O)c3ccncc3)nc3ccccc32)cc1. The van der Waals surface area contributed by atoms with E-state index in [1.54, 1.807) is 24.5 Å². The predicted molar refractivity (Wildman–Crippen MR) is 121 cm³/mol. The first-order valence-corrected chi connectivity index (χ1v) is 10.6. The van der Waals surface area contributed by atoms with E-state index in [2.05, 4.69) is 40.0 Å². The van der Waals surface area contributed by atoms with Crippen molar-refractivity contribution in [2.24, 2.45) is 0 Å². The van der Waals surface area contributed by atoms with Gasteiger partial charge in [-0.2, -0.15) is 0 Å². The van der Waals surface area contributed by atoms with Crippen molar-refractivity contribution < 1.29 is 9.53 Å². The lowest BCUT2D eigenvalue weighted by Gasteiger charge is -2.11. The quantitative estimate of drug-likeness (QED) is 0.412. The molecule has 2 heterocycles. The topological polar surface area (TPSA) is 69.0 Å². The maximum absolute atomic E-state index is 12.4. The van der Waals surface area contributed by atoms with Gasteiger partial charge in [0, 0.05) is 24.5 Å². The van der Waals surface area contributed by atoms with Crippen LogP contribution in [-0.2, 0) is 19.5 Å². The van der Waals surface area contributed by atoms with Crippen LogP contribution in [0.2, 0.25) is 0 Å². The highest BCUT2D eigenvalue weighted by Crippen LogP contribution is 2.18. The van der Waals surface area contributed by atoms with Crippen molar-refractivity contribution in [2.75, 3.05) is 6.61 Å². The van der Waals surface area contributed by atoms with Gasteiger partial charge in [-0.05, 0) is 54.8 Å². The van der Waals surface area contributed by atoms with Crippen LogP contribution >= 0.6 is 0 Å². The van der Waals surface area contributed by atoms with Gasteiger partial charge in [-0.15, -0.1) is 0 Å². The summed E-state index contributed by atoms with van der Waals surface area (Å²) in [7, 11) is 0. The van der Waals surface area contributed by atoms with Crippen molar-refractivity contribution >= 4 is 16.9 Å². The fourth-order valence-electron chi connectivity index (χ4n) is 3.51. The highest BCUT2D eigenvalue weighted by Gasteiger charge is 2.12. The van der Waals surface area contributed by atoms with E-state index in [9.17, 15) is 4.79 Å². The summed E-state index contributed by atoms with van der Waals surface area (Å²) in [6.45, 7) is 3.87. The number of rotatable bonds is 9. The van der Waals surface area contributed by atoms with Gasteiger partial charge in [0.05, 0.1) is 24.2 Å². The number of nitrogens with one attached hydrogen (secondary N) is 1. The number of amides is 1. The number of aryl methyl sites for hydroxylation is 2. The number of pyridine rings is 1. The number of ether oxygens (including phenoxy) is 1. The minimum atomic E-state index is -0.139. The minimum Gasteiger partial charge on any atom is -0.494 e. The fourth-order valence-corrected chi connectivity index (χ4v) is 3.51. The van der Waals surface area contributed by atoms with Crippen LogP contribution in [0.25, 0.3) is 11.0 Å². The molecule has 1 N–H and O–H groups in total. The molecule has 1 amide bonds. The molecule has 0 atom stereocenters. The van der Waals surface area contributed by atoms with Crippen LogP contribution in [0.15, 0.2) is 73.1 Å². The number of carbonyl (C=O) groups excluding carboxylic acids is 1. The molecule has 0 saturated heterocycles. The number of para-hydroxylation sites is 2. The van der Waals surface area contributed by atoms with E-state index in [4.69, 9.17) is 9.72 Å². The van der Waals surface area contributed by atoms with Gasteiger partial charge >= 0.3 is 0 Å². The molecule has 0 fully saturated rings. The van der Waals surface area contributed by atoms with Crippen molar-refractivity contribution in [2.45, 2.75) is 32.9 Å². The lowest BCUT2D eigenvalue weighted by Crippen LogP contribution is -2.25. The zero-order chi connectivity index (χ0) is 21.5. The molecule has 0 saturated carbocycles. The molecular formula is C25H26N4O2. The Hall–Kier alpha value is -3.67. The lowest BCUT2D eigenvalue weighted by molar-refractivity contribution is 0.0949. The molecule has 0 bridgehead atoms. The number of hydrogen-bond acceptors (Lipinski definition) is 4. The van der Waals surface area contributed by atoms with Gasteiger partial charge < -0.3 is 14.6 Å². The Labute approximate surface area is 181 Å². The average Bonchev–Trinajstić information content (AvgIpc) is 3.18. The summed E-state index contributed by atoms with van der Waals surface area (Å²) in [4.78, 5) is 21.1. The molecule has 0 unspecified atom stereocenters. The molecule has 0 spiro atoms. The number of carbonyl (C=O) groups is 1. The van der Waals surface area contributed by atoms with Crippen molar-refractivity contribution in [3.8, 4) is 5.75 Å². The molecule has 31 heavy (non-hydrogen) atoms. The molecule has 6 nitrogen and oxygen atoms in total. The third-order valence-electron chi connectivity index (χ3n) is 5.21. The Kier molecular flexibility index (Phi) is 6.57. The Morgan fingerprint density at radius 1 is 1.03 bits per heavy atom. The van der Waals surface area contributed by atoms with Gasteiger partial charge in [-0.25, -0.2) is 4.98 Å². The second-order valence-electron chi connectivity index (χ2n) is 7.29. The maximum atomic E-state index is 12.4. The molecule has 0 aliphatic heterocycles. The predicted octanol–water partition coefficient (Wildman–Crippen LogP) is 4.39. The maximum Gasteiger partial charge on any atom is 0.251 e. The summed E-state index contributed by atoms with van der Waals surface area (Å²) in [5.74, 6) is 1.58. The van der Waals surface area contributed by atoms with Crippen LogP contribution in [0.1, 0.15) is 35.1 Å². The monoisotopic (exact) mass is 414 g/mol. The van der Waals surface area contributed by atoms with Crippen molar-refractivity contribution in [1.29, 1.82) is 0 Å². The number of imidazole rings is 1. The van der Waals surface area contributed by atoms with E-state index in [-0.39, 0.29) is 5.91 Å². The van der Waals surface area contributed by atoms with Crippen LogP contribution in [0.4, 0.5) is 0 Å². The van der Waals surface area contributed by atoms with E-state index >= 15 is 0 Å². The summed E-state index contributed by atoms with van der Waals surface area (Å²) in [6, 6.07) is 19.7. The summed E-state index contributed by atoms with van der Waals surface area (Å²) < 4.78 is 8.06. The molecule has 6 heteroatoms. The Morgan fingerprint density at radius 3 is 2.58 bits per heavy atom. The molecular weight excluding hydrogens is 388 g/mol. The number of fused-ring (bicyclic) bond motifs is 1. The highest BCUT2D eigenvalue weighted by atomic mass is 16.5. The normalized spacial score (nSPS) is 10.9. The van der Waals surface area contributed by atoms with Crippen LogP contribution in [0.3, 0.4) is 0 Å². The van der Waals surface area contributed by atoms with Crippen molar-refractivity contribution in [3.63, 3.8) is 0 Å². The van der Waals surface area contributed by atoms with Crippen molar-refractivity contribution in [3.05, 3.63) is 90.0 Å². The summed E-state index contributed by atoms with van der Waals surface area (Å²) in [5.41, 5.74) is 3.87. The molecule has 2 aromatic heterocycles. The first-order chi connectivity index (χ1) is 15.2. The fraction of sp³-hybridized carbons (Fsp3) is 0.240. The number of aromatic nitrogens is 3. The van der Waals surface area contributed by atoms with Gasteiger partial charge in [0.2, 0.25) is 0 Å². The number of benzene rings is 2. The smallest absolute Gasteiger partial charge is 0.251 e. The first-order valence-electron chi connectivity index (χ1n) is 10.6. The number of nitrogens with zero attached hydrogens (tertiary/aromatic N) is 3. The average molecular weight is 415 g/mol. The first kappa shape index (κ1) is 20.6. The Bertz CT molecular complexity index is 1140. The number of hydrogen-bond donors (Lipinski definition) is 1. The molecule has 158 valence electrons. The third-order valence-corrected chi connectivity index (χ3v) is 5.21. The van der Waals surface area contributed by atoms with E-state index in [1.807, 2.05) is 30.3 Å². The summed E-state index contributed by atoms with van der Waals surface area (Å²) in [5, 5.41) is 2.96. The molecule has 4 rings (SSSR count). The van der Waals surface area contributed by atoms with Gasteiger partial charge in [0.1, 0.15) is 11.6 Å². The van der Waals surface area contributed by atoms with Gasteiger partial charge in [-0.3, -0.25) is 9.78 Å². The largest absolute Gasteiger partial charge is 0.494 e. The Balaban J connectivity index is 1.40. The molecule has 0 radical (unpaired) electrons. The molecule has 0 aliphatic carbocycles. The minimum absolute atomic E-state index is 0.139. The van der Waals surface area contributed by atoms with Crippen molar-refractivity contribution in [1.82, 2.24) is 19.9 Å². The zero-order valence-electron chi connectivity index (χ0n) is 17.6. The second kappa shape index (κ2) is 9.89. The third kappa shape index (κ3) is 5.09. The highest BCUT2D eigenvalue weighted by molar-refractivity contribution is 5.93. The molecule has 4 aromatic rings.